The minimum absolute atomic E-state index is 0.120. The first-order valence-electron chi connectivity index (χ1n) is 8.62. The molecule has 0 aromatic heterocycles. The summed E-state index contributed by atoms with van der Waals surface area (Å²) in [5.74, 6) is -0.270. The molecule has 1 aliphatic heterocycles. The van der Waals surface area contributed by atoms with E-state index in [2.05, 4.69) is 21.9 Å². The molecule has 144 valence electrons. The Hall–Kier alpha value is -2.67. The Morgan fingerprint density at radius 1 is 1.41 bits per heavy atom. The zero-order valence-corrected chi connectivity index (χ0v) is 16.0. The second kappa shape index (κ2) is 10.5. The molecule has 2 amide bonds. The van der Waals surface area contributed by atoms with Gasteiger partial charge in [0.25, 0.3) is 0 Å². The fraction of sp³-hybridized carbons (Fsp3) is 0.368. The van der Waals surface area contributed by atoms with Crippen molar-refractivity contribution in [3.8, 4) is 0 Å². The van der Waals surface area contributed by atoms with E-state index in [1.165, 1.54) is 11.1 Å². The molecule has 0 spiro atoms. The SMILES string of the molecule is C=CN=C(Cl)C(CNC(=O)[C@@H]1CCCN1C(=O)OCc1ccccc1)=NC. The number of amides is 2. The number of rotatable bonds is 7. The Morgan fingerprint density at radius 3 is 2.81 bits per heavy atom. The molecule has 1 aliphatic rings. The second-order valence-electron chi connectivity index (χ2n) is 5.88. The third-order valence-electron chi connectivity index (χ3n) is 4.14. The number of ether oxygens (including phenoxy) is 1. The van der Waals surface area contributed by atoms with Crippen LogP contribution in [-0.2, 0) is 16.1 Å². The molecular formula is C19H23ClN4O3. The van der Waals surface area contributed by atoms with Crippen LogP contribution >= 0.6 is 11.6 Å². The molecule has 1 atom stereocenters. The van der Waals surface area contributed by atoms with Crippen LogP contribution in [0.3, 0.4) is 0 Å². The molecular weight excluding hydrogens is 368 g/mol. The van der Waals surface area contributed by atoms with Gasteiger partial charge in [-0.1, -0.05) is 48.5 Å². The van der Waals surface area contributed by atoms with Gasteiger partial charge in [0.1, 0.15) is 12.6 Å². The number of aliphatic imine (C=N–C) groups is 2. The fourth-order valence-corrected chi connectivity index (χ4v) is 2.97. The summed E-state index contributed by atoms with van der Waals surface area (Å²) in [7, 11) is 1.56. The molecule has 1 saturated heterocycles. The molecule has 0 unspecified atom stereocenters. The fourth-order valence-electron chi connectivity index (χ4n) is 2.75. The highest BCUT2D eigenvalue weighted by molar-refractivity contribution is 6.84. The zero-order valence-electron chi connectivity index (χ0n) is 15.2. The van der Waals surface area contributed by atoms with Gasteiger partial charge in [-0.3, -0.25) is 14.7 Å². The van der Waals surface area contributed by atoms with Crippen LogP contribution in [0.4, 0.5) is 4.79 Å². The van der Waals surface area contributed by atoms with Crippen LogP contribution in [0.25, 0.3) is 0 Å². The molecule has 1 aromatic carbocycles. The number of benzene rings is 1. The molecule has 1 heterocycles. The highest BCUT2D eigenvalue weighted by atomic mass is 35.5. The van der Waals surface area contributed by atoms with E-state index in [9.17, 15) is 9.59 Å². The third-order valence-corrected chi connectivity index (χ3v) is 4.45. The van der Waals surface area contributed by atoms with Crippen molar-refractivity contribution in [2.24, 2.45) is 9.98 Å². The number of nitrogens with one attached hydrogen (secondary N) is 1. The summed E-state index contributed by atoms with van der Waals surface area (Å²) in [4.78, 5) is 34.2. The lowest BCUT2D eigenvalue weighted by molar-refractivity contribution is -0.124. The lowest BCUT2D eigenvalue weighted by Gasteiger charge is -2.23. The maximum atomic E-state index is 12.5. The van der Waals surface area contributed by atoms with Crippen molar-refractivity contribution in [3.05, 3.63) is 48.7 Å². The Balaban J connectivity index is 1.90. The largest absolute Gasteiger partial charge is 0.445 e. The van der Waals surface area contributed by atoms with Crippen molar-refractivity contribution in [2.45, 2.75) is 25.5 Å². The third kappa shape index (κ3) is 5.92. The standard InChI is InChI=1S/C19H23ClN4O3/c1-3-22-17(20)15(21-2)12-23-18(25)16-10-7-11-24(16)19(26)27-13-14-8-5-4-6-9-14/h3-6,8-9,16H,1,7,10-13H2,2H3,(H,23,25)/t16-/m0/s1. The van der Waals surface area contributed by atoms with Gasteiger partial charge in [-0.05, 0) is 18.4 Å². The monoisotopic (exact) mass is 390 g/mol. The van der Waals surface area contributed by atoms with Crippen LogP contribution in [0.15, 0.2) is 53.1 Å². The Bertz CT molecular complexity index is 734. The zero-order chi connectivity index (χ0) is 19.6. The quantitative estimate of drug-likeness (QED) is 0.726. The number of carbonyl (C=O) groups excluding carboxylic acids is 2. The van der Waals surface area contributed by atoms with Gasteiger partial charge in [-0.2, -0.15) is 0 Å². The Kier molecular flexibility index (Phi) is 8.00. The molecule has 0 radical (unpaired) electrons. The van der Waals surface area contributed by atoms with Crippen molar-refractivity contribution in [1.29, 1.82) is 0 Å². The van der Waals surface area contributed by atoms with Gasteiger partial charge in [0, 0.05) is 19.8 Å². The number of likely N-dealkylation sites (tertiary alicyclic amines) is 1. The minimum Gasteiger partial charge on any atom is -0.445 e. The van der Waals surface area contributed by atoms with Gasteiger partial charge in [0.2, 0.25) is 5.91 Å². The van der Waals surface area contributed by atoms with Crippen LogP contribution in [0.5, 0.6) is 0 Å². The van der Waals surface area contributed by atoms with E-state index < -0.39 is 12.1 Å². The summed E-state index contributed by atoms with van der Waals surface area (Å²) in [5, 5.41) is 2.92. The van der Waals surface area contributed by atoms with E-state index in [0.29, 0.717) is 18.7 Å². The van der Waals surface area contributed by atoms with E-state index in [1.807, 2.05) is 30.3 Å². The molecule has 1 fully saturated rings. The van der Waals surface area contributed by atoms with E-state index in [-0.39, 0.29) is 24.2 Å². The summed E-state index contributed by atoms with van der Waals surface area (Å²) < 4.78 is 5.34. The molecule has 8 heteroatoms. The smallest absolute Gasteiger partial charge is 0.410 e. The lowest BCUT2D eigenvalue weighted by Crippen LogP contribution is -2.47. The van der Waals surface area contributed by atoms with E-state index in [0.717, 1.165) is 12.0 Å². The average Bonchev–Trinajstić information content (AvgIpc) is 3.17. The molecule has 0 bridgehead atoms. The second-order valence-corrected chi connectivity index (χ2v) is 6.24. The summed E-state index contributed by atoms with van der Waals surface area (Å²) in [6.07, 6.45) is 2.13. The number of hydrogen-bond donors (Lipinski definition) is 1. The summed E-state index contributed by atoms with van der Waals surface area (Å²) >= 11 is 5.98. The Morgan fingerprint density at radius 2 is 2.15 bits per heavy atom. The predicted molar refractivity (Wildman–Crippen MR) is 106 cm³/mol. The van der Waals surface area contributed by atoms with Crippen LogP contribution in [0.2, 0.25) is 0 Å². The van der Waals surface area contributed by atoms with Gasteiger partial charge in [-0.25, -0.2) is 9.79 Å². The number of nitrogens with zero attached hydrogens (tertiary/aromatic N) is 3. The van der Waals surface area contributed by atoms with Gasteiger partial charge in [0.15, 0.2) is 5.17 Å². The maximum absolute atomic E-state index is 12.5. The average molecular weight is 391 g/mol. The first kappa shape index (κ1) is 20.6. The van der Waals surface area contributed by atoms with Crippen molar-refractivity contribution in [3.63, 3.8) is 0 Å². The van der Waals surface area contributed by atoms with Gasteiger partial charge in [0.05, 0.1) is 12.3 Å². The highest BCUT2D eigenvalue weighted by Gasteiger charge is 2.35. The number of halogens is 1. The maximum Gasteiger partial charge on any atom is 0.410 e. The van der Waals surface area contributed by atoms with Crippen LogP contribution in [0.1, 0.15) is 18.4 Å². The summed E-state index contributed by atoms with van der Waals surface area (Å²) in [6, 6.07) is 8.84. The Labute approximate surface area is 163 Å². The lowest BCUT2D eigenvalue weighted by atomic mass is 10.2. The van der Waals surface area contributed by atoms with Crippen molar-refractivity contribution < 1.29 is 14.3 Å². The molecule has 1 N–H and O–H groups in total. The first-order valence-corrected chi connectivity index (χ1v) is 9.00. The predicted octanol–water partition coefficient (Wildman–Crippen LogP) is 2.76. The number of hydrogen-bond acceptors (Lipinski definition) is 5. The van der Waals surface area contributed by atoms with E-state index in [4.69, 9.17) is 16.3 Å². The highest BCUT2D eigenvalue weighted by Crippen LogP contribution is 2.19. The molecule has 27 heavy (non-hydrogen) atoms. The van der Waals surface area contributed by atoms with Crippen molar-refractivity contribution in [1.82, 2.24) is 10.2 Å². The van der Waals surface area contributed by atoms with Crippen LogP contribution in [0, 0.1) is 0 Å². The molecule has 0 saturated carbocycles. The molecule has 0 aliphatic carbocycles. The van der Waals surface area contributed by atoms with Crippen molar-refractivity contribution >= 4 is 34.5 Å². The normalized spacial score (nSPS) is 17.6. The van der Waals surface area contributed by atoms with Gasteiger partial charge >= 0.3 is 6.09 Å². The molecule has 7 nitrogen and oxygen atoms in total. The first-order chi connectivity index (χ1) is 13.1. The summed E-state index contributed by atoms with van der Waals surface area (Å²) in [6.45, 7) is 4.25. The van der Waals surface area contributed by atoms with Gasteiger partial charge < -0.3 is 10.1 Å². The number of carbonyl (C=O) groups is 2. The minimum atomic E-state index is -0.568. The van der Waals surface area contributed by atoms with Crippen LogP contribution < -0.4 is 5.32 Å². The van der Waals surface area contributed by atoms with Crippen molar-refractivity contribution in [2.75, 3.05) is 20.1 Å². The summed E-state index contributed by atoms with van der Waals surface area (Å²) in [5.41, 5.74) is 1.33. The van der Waals surface area contributed by atoms with E-state index >= 15 is 0 Å². The van der Waals surface area contributed by atoms with Gasteiger partial charge in [-0.15, -0.1) is 0 Å². The van der Waals surface area contributed by atoms with Crippen LogP contribution in [-0.4, -0.2) is 54.0 Å². The molecule has 1 aromatic rings. The molecule has 2 rings (SSSR count). The van der Waals surface area contributed by atoms with E-state index in [1.54, 1.807) is 7.05 Å². The topological polar surface area (TPSA) is 83.4 Å².